The summed E-state index contributed by atoms with van der Waals surface area (Å²) in [6.45, 7) is 1.10. The summed E-state index contributed by atoms with van der Waals surface area (Å²) in [6.07, 6.45) is -2.55. The molecule has 0 bridgehead atoms. The number of halogens is 3. The monoisotopic (exact) mass is 426 g/mol. The second-order valence-electron chi connectivity index (χ2n) is 7.53. The molecule has 0 radical (unpaired) electrons. The number of alkyl halides is 3. The Morgan fingerprint density at radius 1 is 1.10 bits per heavy atom. The molecule has 0 saturated carbocycles. The van der Waals surface area contributed by atoms with E-state index < -0.39 is 11.7 Å². The summed E-state index contributed by atoms with van der Waals surface area (Å²) < 4.78 is 45.9. The van der Waals surface area contributed by atoms with E-state index >= 15 is 0 Å². The summed E-state index contributed by atoms with van der Waals surface area (Å²) in [7, 11) is 0. The van der Waals surface area contributed by atoms with Gasteiger partial charge in [-0.2, -0.15) is 18.2 Å². The zero-order valence-corrected chi connectivity index (χ0v) is 16.2. The van der Waals surface area contributed by atoms with Gasteiger partial charge in [-0.15, -0.1) is 0 Å². The van der Waals surface area contributed by atoms with Crippen LogP contribution < -0.4 is 0 Å². The van der Waals surface area contributed by atoms with Crippen LogP contribution >= 0.6 is 0 Å². The maximum Gasteiger partial charge on any atom is 0.416 e. The van der Waals surface area contributed by atoms with Crippen LogP contribution in [0.5, 0.6) is 0 Å². The molecule has 1 fully saturated rings. The number of aromatic nitrogens is 3. The number of carbonyl (C=O) groups is 1. The van der Waals surface area contributed by atoms with E-state index in [1.54, 1.807) is 4.90 Å². The molecule has 9 heteroatoms. The first kappa shape index (κ1) is 19.3. The fraction of sp³-hybridized carbons (Fsp3) is 0.227. The van der Waals surface area contributed by atoms with Gasteiger partial charge >= 0.3 is 6.18 Å². The third kappa shape index (κ3) is 3.67. The smallest absolute Gasteiger partial charge is 0.339 e. The molecule has 0 N–H and O–H groups in total. The zero-order valence-electron chi connectivity index (χ0n) is 16.2. The molecular formula is C22H17F3N4O2. The Balaban J connectivity index is 1.23. The lowest BCUT2D eigenvalue weighted by atomic mass is 10.00. The van der Waals surface area contributed by atoms with Crippen molar-refractivity contribution >= 4 is 16.8 Å². The zero-order chi connectivity index (χ0) is 21.6. The average Bonchev–Trinajstić information content (AvgIpc) is 3.34. The van der Waals surface area contributed by atoms with Crippen molar-refractivity contribution < 1.29 is 22.5 Å². The topological polar surface area (TPSA) is 64.2 Å². The van der Waals surface area contributed by atoms with Crippen LogP contribution in [0.4, 0.5) is 13.2 Å². The fourth-order valence-corrected chi connectivity index (χ4v) is 3.72. The van der Waals surface area contributed by atoms with Crippen molar-refractivity contribution in [3.05, 3.63) is 72.2 Å². The van der Waals surface area contributed by atoms with E-state index in [0.29, 0.717) is 19.0 Å². The number of para-hydroxylation sites is 1. The molecule has 6 nitrogen and oxygen atoms in total. The van der Waals surface area contributed by atoms with Crippen molar-refractivity contribution in [2.45, 2.75) is 18.6 Å². The number of carbonyl (C=O) groups excluding carboxylic acids is 1. The molecule has 2 aromatic carbocycles. The molecule has 158 valence electrons. The van der Waals surface area contributed by atoms with Crippen LogP contribution in [0.3, 0.4) is 0 Å². The Hall–Kier alpha value is -3.62. The van der Waals surface area contributed by atoms with Crippen LogP contribution in [-0.2, 0) is 17.5 Å². The summed E-state index contributed by atoms with van der Waals surface area (Å²) in [5.41, 5.74) is 0.460. The molecule has 2 aromatic heterocycles. The Morgan fingerprint density at radius 2 is 1.90 bits per heavy atom. The predicted molar refractivity (Wildman–Crippen MR) is 106 cm³/mol. The largest absolute Gasteiger partial charge is 0.416 e. The molecule has 1 amide bonds. The normalized spacial score (nSPS) is 14.7. The summed E-state index contributed by atoms with van der Waals surface area (Å²) in [5.74, 6) is 0.278. The molecule has 0 unspecified atom stereocenters. The van der Waals surface area contributed by atoms with Gasteiger partial charge in [-0.25, -0.2) is 0 Å². The quantitative estimate of drug-likeness (QED) is 0.487. The van der Waals surface area contributed by atoms with Crippen LogP contribution in [0.2, 0.25) is 0 Å². The van der Waals surface area contributed by atoms with Gasteiger partial charge in [-0.1, -0.05) is 35.5 Å². The van der Waals surface area contributed by atoms with Gasteiger partial charge in [0.15, 0.2) is 0 Å². The van der Waals surface area contributed by atoms with E-state index in [0.717, 1.165) is 23.0 Å². The van der Waals surface area contributed by atoms with Crippen LogP contribution in [0.25, 0.3) is 22.3 Å². The number of likely N-dealkylation sites (tertiary alicyclic amines) is 1. The van der Waals surface area contributed by atoms with Gasteiger partial charge in [-0.05, 0) is 29.7 Å². The molecule has 1 aliphatic rings. The highest BCUT2D eigenvalue weighted by molar-refractivity contribution is 5.83. The van der Waals surface area contributed by atoms with E-state index in [1.807, 2.05) is 41.1 Å². The fourth-order valence-electron chi connectivity index (χ4n) is 3.72. The Labute approximate surface area is 174 Å². The first-order valence-corrected chi connectivity index (χ1v) is 9.71. The molecule has 0 aliphatic carbocycles. The van der Waals surface area contributed by atoms with Crippen LogP contribution in [-0.4, -0.2) is 38.6 Å². The number of fused-ring (bicyclic) bond motifs is 1. The molecule has 31 heavy (non-hydrogen) atoms. The summed E-state index contributed by atoms with van der Waals surface area (Å²) in [4.78, 5) is 18.6. The minimum atomic E-state index is -4.44. The third-order valence-corrected chi connectivity index (χ3v) is 5.46. The molecule has 0 atom stereocenters. The molecule has 1 aliphatic heterocycles. The van der Waals surface area contributed by atoms with Gasteiger partial charge < -0.3 is 14.0 Å². The minimum absolute atomic E-state index is 0.0183. The number of benzene rings is 2. The highest BCUT2D eigenvalue weighted by Gasteiger charge is 2.36. The van der Waals surface area contributed by atoms with Gasteiger partial charge in [0.25, 0.3) is 0 Å². The Kier molecular flexibility index (Phi) is 4.53. The number of rotatable bonds is 4. The number of hydrogen-bond acceptors (Lipinski definition) is 4. The molecule has 0 spiro atoms. The Bertz CT molecular complexity index is 1250. The van der Waals surface area contributed by atoms with Crippen molar-refractivity contribution in [3.63, 3.8) is 0 Å². The molecule has 3 heterocycles. The molecular weight excluding hydrogens is 409 g/mol. The standard InChI is InChI=1S/C22H17F3N4O2/c23-22(24,25)17-6-3-5-15(10-17)20-26-21(31-27-20)16-11-29(12-16)19(30)13-28-9-8-14-4-1-2-7-18(14)28/h1-10,16H,11-13H2. The maximum absolute atomic E-state index is 12.9. The van der Waals surface area contributed by atoms with Crippen molar-refractivity contribution in [3.8, 4) is 11.4 Å². The lowest BCUT2D eigenvalue weighted by Crippen LogP contribution is -2.49. The van der Waals surface area contributed by atoms with Crippen LogP contribution in [0.1, 0.15) is 17.4 Å². The number of amides is 1. The van der Waals surface area contributed by atoms with Gasteiger partial charge in [0.05, 0.1) is 11.5 Å². The number of hydrogen-bond donors (Lipinski definition) is 0. The van der Waals surface area contributed by atoms with E-state index in [4.69, 9.17) is 4.52 Å². The summed E-state index contributed by atoms with van der Waals surface area (Å²) in [6, 6.07) is 14.6. The molecule has 4 aromatic rings. The average molecular weight is 426 g/mol. The second kappa shape index (κ2) is 7.26. The van der Waals surface area contributed by atoms with Crippen LogP contribution in [0, 0.1) is 0 Å². The van der Waals surface area contributed by atoms with Gasteiger partial charge in [0, 0.05) is 30.4 Å². The van der Waals surface area contributed by atoms with Crippen molar-refractivity contribution in [1.82, 2.24) is 19.6 Å². The van der Waals surface area contributed by atoms with Crippen LogP contribution in [0.15, 0.2) is 65.3 Å². The van der Waals surface area contributed by atoms with E-state index in [9.17, 15) is 18.0 Å². The maximum atomic E-state index is 12.9. The van der Waals surface area contributed by atoms with E-state index in [1.165, 1.54) is 12.1 Å². The van der Waals surface area contributed by atoms with Crippen molar-refractivity contribution in [2.75, 3.05) is 13.1 Å². The first-order chi connectivity index (χ1) is 14.9. The van der Waals surface area contributed by atoms with Crippen molar-refractivity contribution in [2.24, 2.45) is 0 Å². The van der Waals surface area contributed by atoms with Crippen molar-refractivity contribution in [1.29, 1.82) is 0 Å². The Morgan fingerprint density at radius 3 is 2.71 bits per heavy atom. The summed E-state index contributed by atoms with van der Waals surface area (Å²) >= 11 is 0. The van der Waals surface area contributed by atoms with E-state index in [-0.39, 0.29) is 29.8 Å². The van der Waals surface area contributed by atoms with E-state index in [2.05, 4.69) is 10.1 Å². The van der Waals surface area contributed by atoms with Gasteiger partial charge in [0.1, 0.15) is 6.54 Å². The first-order valence-electron chi connectivity index (χ1n) is 9.71. The highest BCUT2D eigenvalue weighted by Crippen LogP contribution is 2.32. The molecule has 1 saturated heterocycles. The van der Waals surface area contributed by atoms with Gasteiger partial charge in [-0.3, -0.25) is 4.79 Å². The van der Waals surface area contributed by atoms with Gasteiger partial charge in [0.2, 0.25) is 17.6 Å². The SMILES string of the molecule is O=C(Cn1ccc2ccccc21)N1CC(c2nc(-c3cccc(C(F)(F)F)c3)no2)C1. The predicted octanol–water partition coefficient (Wildman–Crippen LogP) is 4.34. The third-order valence-electron chi connectivity index (χ3n) is 5.46. The lowest BCUT2D eigenvalue weighted by molar-refractivity contribution is -0.138. The number of nitrogens with zero attached hydrogens (tertiary/aromatic N) is 4. The summed E-state index contributed by atoms with van der Waals surface area (Å²) in [5, 5.41) is 4.89. The second-order valence-corrected chi connectivity index (χ2v) is 7.53. The lowest BCUT2D eigenvalue weighted by Gasteiger charge is -2.37. The minimum Gasteiger partial charge on any atom is -0.339 e. The molecule has 5 rings (SSSR count). The highest BCUT2D eigenvalue weighted by atomic mass is 19.4.